The fourth-order valence-corrected chi connectivity index (χ4v) is 5.25. The van der Waals surface area contributed by atoms with Crippen LogP contribution in [0.4, 0.5) is 10.5 Å². The van der Waals surface area contributed by atoms with E-state index in [2.05, 4.69) is 5.32 Å². The number of carbonyl (C=O) groups excluding carboxylic acids is 1. The lowest BCUT2D eigenvalue weighted by molar-refractivity contribution is 0.210. The number of rotatable bonds is 1. The first-order valence-corrected chi connectivity index (χ1v) is 10.4. The van der Waals surface area contributed by atoms with E-state index in [1.165, 1.54) is 0 Å². The zero-order valence-electron chi connectivity index (χ0n) is 14.3. The monoisotopic (exact) mass is 380 g/mol. The number of nitrogens with zero attached hydrogens (tertiary/aromatic N) is 1. The zero-order chi connectivity index (χ0) is 18.2. The molecule has 0 aliphatic carbocycles. The maximum atomic E-state index is 12.7. The number of carbonyl (C=O) groups is 1. The number of amides is 2. The fourth-order valence-electron chi connectivity index (χ4n) is 3.28. The maximum Gasteiger partial charge on any atom is 0.321 e. The van der Waals surface area contributed by atoms with E-state index in [0.29, 0.717) is 17.3 Å². The summed E-state index contributed by atoms with van der Waals surface area (Å²) in [5, 5.41) is 5.34. The van der Waals surface area contributed by atoms with Crippen LogP contribution >= 0.6 is 11.6 Å². The van der Waals surface area contributed by atoms with Gasteiger partial charge in [-0.2, -0.15) is 0 Å². The number of halogens is 1. The molecule has 1 N–H and O–H groups in total. The molecule has 2 amide bonds. The first kappa shape index (κ1) is 18.0. The summed E-state index contributed by atoms with van der Waals surface area (Å²) in [6, 6.07) is 9.17. The average molecular weight is 381 g/mol. The third kappa shape index (κ3) is 3.90. The molecule has 1 fully saturated rings. The van der Waals surface area contributed by atoms with Crippen LogP contribution in [-0.2, 0) is 9.84 Å². The number of hydrogen-bond donors (Lipinski definition) is 1. The Hall–Kier alpha value is -1.79. The van der Waals surface area contributed by atoms with Crippen LogP contribution in [-0.4, -0.2) is 43.9 Å². The summed E-state index contributed by atoms with van der Waals surface area (Å²) in [7, 11) is -3.10. The molecular formula is C18H21ClN2O3S. The molecule has 5 nitrogen and oxygen atoms in total. The van der Waals surface area contributed by atoms with E-state index in [-0.39, 0.29) is 30.0 Å². The Balaban J connectivity index is 1.90. The maximum absolute atomic E-state index is 12.7. The molecule has 1 atom stereocenters. The number of urea groups is 1. The van der Waals surface area contributed by atoms with Gasteiger partial charge in [0.2, 0.25) is 0 Å². The third-order valence-corrected chi connectivity index (χ3v) is 6.65. The summed E-state index contributed by atoms with van der Waals surface area (Å²) < 4.78 is 23.8. The van der Waals surface area contributed by atoms with Crippen molar-refractivity contribution >= 4 is 43.9 Å². The summed E-state index contributed by atoms with van der Waals surface area (Å²) >= 11 is 6.30. The van der Waals surface area contributed by atoms with Gasteiger partial charge in [-0.15, -0.1) is 0 Å². The van der Waals surface area contributed by atoms with Gasteiger partial charge in [0.25, 0.3) is 0 Å². The molecule has 3 rings (SSSR count). The van der Waals surface area contributed by atoms with E-state index in [4.69, 9.17) is 11.6 Å². The predicted molar refractivity (Wildman–Crippen MR) is 102 cm³/mol. The fraction of sp³-hybridized carbons (Fsp3) is 0.389. The molecule has 2 aromatic rings. The highest BCUT2D eigenvalue weighted by atomic mass is 35.5. The van der Waals surface area contributed by atoms with E-state index in [1.807, 2.05) is 44.2 Å². The predicted octanol–water partition coefficient (Wildman–Crippen LogP) is 3.70. The third-order valence-electron chi connectivity index (χ3n) is 4.45. The molecule has 0 radical (unpaired) electrons. The molecule has 1 heterocycles. The Bertz CT molecular complexity index is 927. The quantitative estimate of drug-likeness (QED) is 0.820. The van der Waals surface area contributed by atoms with Gasteiger partial charge in [0.05, 0.1) is 17.2 Å². The van der Waals surface area contributed by atoms with Crippen molar-refractivity contribution in [2.45, 2.75) is 13.8 Å². The Morgan fingerprint density at radius 2 is 1.96 bits per heavy atom. The van der Waals surface area contributed by atoms with Crippen molar-refractivity contribution in [1.29, 1.82) is 0 Å². The molecular weight excluding hydrogens is 360 g/mol. The highest BCUT2D eigenvalue weighted by molar-refractivity contribution is 7.91. The van der Waals surface area contributed by atoms with Crippen molar-refractivity contribution in [3.05, 3.63) is 40.9 Å². The van der Waals surface area contributed by atoms with E-state index in [0.717, 1.165) is 16.3 Å². The number of aryl methyl sites for hydroxylation is 1. The van der Waals surface area contributed by atoms with Crippen LogP contribution in [0.25, 0.3) is 10.8 Å². The lowest BCUT2D eigenvalue weighted by atomic mass is 10.0. The van der Waals surface area contributed by atoms with Gasteiger partial charge in [-0.25, -0.2) is 13.2 Å². The van der Waals surface area contributed by atoms with E-state index >= 15 is 0 Å². The molecule has 1 aliphatic heterocycles. The topological polar surface area (TPSA) is 66.5 Å². The van der Waals surface area contributed by atoms with Gasteiger partial charge < -0.3 is 10.2 Å². The van der Waals surface area contributed by atoms with E-state index in [9.17, 15) is 13.2 Å². The van der Waals surface area contributed by atoms with Gasteiger partial charge in [0.1, 0.15) is 0 Å². The standard InChI is InChI=1S/C18H21ClN2O3S/c1-12-10-21(7-8-25(23,24)11-12)18(22)20-17-13(2)9-16(19)14-5-3-4-6-15(14)17/h3-6,9,12H,7-8,10-11H2,1-2H3,(H,20,22). The number of hydrogen-bond acceptors (Lipinski definition) is 3. The van der Waals surface area contributed by atoms with Crippen LogP contribution in [0.3, 0.4) is 0 Å². The smallest absolute Gasteiger partial charge is 0.321 e. The van der Waals surface area contributed by atoms with Gasteiger partial charge in [-0.05, 0) is 24.5 Å². The van der Waals surface area contributed by atoms with Crippen LogP contribution in [0.2, 0.25) is 5.02 Å². The molecule has 1 aliphatic rings. The molecule has 0 saturated carbocycles. The number of anilines is 1. The molecule has 1 saturated heterocycles. The first-order valence-electron chi connectivity index (χ1n) is 8.21. The van der Waals surface area contributed by atoms with Crippen molar-refractivity contribution in [3.8, 4) is 0 Å². The van der Waals surface area contributed by atoms with Crippen LogP contribution in [0.5, 0.6) is 0 Å². The number of benzene rings is 2. The minimum atomic E-state index is -3.10. The van der Waals surface area contributed by atoms with Crippen LogP contribution in [0, 0.1) is 12.8 Å². The van der Waals surface area contributed by atoms with Gasteiger partial charge >= 0.3 is 6.03 Å². The second kappa shape index (κ2) is 6.84. The Morgan fingerprint density at radius 3 is 2.68 bits per heavy atom. The van der Waals surface area contributed by atoms with Crippen molar-refractivity contribution in [2.24, 2.45) is 5.92 Å². The normalized spacial score (nSPS) is 20.3. The number of sulfone groups is 1. The van der Waals surface area contributed by atoms with Gasteiger partial charge in [-0.3, -0.25) is 0 Å². The molecule has 0 aromatic heterocycles. The van der Waals surface area contributed by atoms with Crippen LogP contribution in [0.15, 0.2) is 30.3 Å². The van der Waals surface area contributed by atoms with Crippen molar-refractivity contribution in [1.82, 2.24) is 4.90 Å². The highest BCUT2D eigenvalue weighted by Gasteiger charge is 2.27. The SMILES string of the molecule is Cc1cc(Cl)c2ccccc2c1NC(=O)N1CCS(=O)(=O)CC(C)C1. The van der Waals surface area contributed by atoms with Gasteiger partial charge in [0, 0.05) is 28.9 Å². The van der Waals surface area contributed by atoms with Crippen molar-refractivity contribution < 1.29 is 13.2 Å². The largest absolute Gasteiger partial charge is 0.323 e. The second-order valence-corrected chi connectivity index (χ2v) is 9.33. The molecule has 7 heteroatoms. The molecule has 0 bridgehead atoms. The van der Waals surface area contributed by atoms with Crippen molar-refractivity contribution in [3.63, 3.8) is 0 Å². The molecule has 2 aromatic carbocycles. The number of fused-ring (bicyclic) bond motifs is 1. The summed E-state index contributed by atoms with van der Waals surface area (Å²) in [6.07, 6.45) is 0. The Labute approximate surface area is 152 Å². The molecule has 0 spiro atoms. The minimum absolute atomic E-state index is 0.00507. The molecule has 134 valence electrons. The summed E-state index contributed by atoms with van der Waals surface area (Å²) in [4.78, 5) is 14.3. The van der Waals surface area contributed by atoms with E-state index < -0.39 is 9.84 Å². The molecule has 1 unspecified atom stereocenters. The Kier molecular flexibility index (Phi) is 4.93. The Morgan fingerprint density at radius 1 is 1.28 bits per heavy atom. The minimum Gasteiger partial charge on any atom is -0.323 e. The average Bonchev–Trinajstić information content (AvgIpc) is 2.68. The van der Waals surface area contributed by atoms with E-state index in [1.54, 1.807) is 4.90 Å². The zero-order valence-corrected chi connectivity index (χ0v) is 15.8. The lowest BCUT2D eigenvalue weighted by Crippen LogP contribution is -2.38. The van der Waals surface area contributed by atoms with Crippen molar-refractivity contribution in [2.75, 3.05) is 29.9 Å². The first-order chi connectivity index (χ1) is 11.8. The van der Waals surface area contributed by atoms with Gasteiger partial charge in [0.15, 0.2) is 9.84 Å². The van der Waals surface area contributed by atoms with Crippen LogP contribution < -0.4 is 5.32 Å². The summed E-state index contributed by atoms with van der Waals surface area (Å²) in [5.74, 6) is 0.0476. The van der Waals surface area contributed by atoms with Gasteiger partial charge in [-0.1, -0.05) is 42.8 Å². The number of nitrogens with one attached hydrogen (secondary N) is 1. The van der Waals surface area contributed by atoms with Crippen LogP contribution in [0.1, 0.15) is 12.5 Å². The highest BCUT2D eigenvalue weighted by Crippen LogP contribution is 2.33. The lowest BCUT2D eigenvalue weighted by Gasteiger charge is -2.23. The molecule has 25 heavy (non-hydrogen) atoms. The summed E-state index contributed by atoms with van der Waals surface area (Å²) in [5.41, 5.74) is 1.58. The second-order valence-electron chi connectivity index (χ2n) is 6.69. The summed E-state index contributed by atoms with van der Waals surface area (Å²) in [6.45, 7) is 4.38.